The van der Waals surface area contributed by atoms with E-state index < -0.39 is 47.3 Å². The van der Waals surface area contributed by atoms with Crippen LogP contribution in [0, 0.1) is 23.0 Å². The standard InChI is InChI=1S/C30H32F2N4O6/c1-40-24-6-4-3-5-21(24)30(17-33)12-9-20(10-13-30)35-14-11-19(16-35)34-28(38)36-25(18-7-8-22(31)23(32)15-18)26(27(37)41-2)42-29(36)39/h3-8,15,19-20,25-26H,9-14,16H2,1-2H3,(H,34,38)/t19?,20?,25?,26-,30?/m1/s1. The molecule has 1 N–H and O–H groups in total. The molecule has 10 nitrogen and oxygen atoms in total. The molecule has 3 aliphatic rings. The lowest BCUT2D eigenvalue weighted by Gasteiger charge is -2.39. The number of nitrogens with zero attached hydrogens (tertiary/aromatic N) is 3. The number of benzene rings is 2. The maximum atomic E-state index is 14.1. The average Bonchev–Trinajstić information content (AvgIpc) is 3.62. The zero-order valence-corrected chi connectivity index (χ0v) is 23.3. The molecule has 1 saturated carbocycles. The fraction of sp³-hybridized carbons (Fsp3) is 0.467. The van der Waals surface area contributed by atoms with Gasteiger partial charge in [-0.1, -0.05) is 24.3 Å². The monoisotopic (exact) mass is 582 g/mol. The molecule has 2 unspecified atom stereocenters. The molecular weight excluding hydrogens is 550 g/mol. The Labute approximate surface area is 242 Å². The van der Waals surface area contributed by atoms with Crippen molar-refractivity contribution in [1.82, 2.24) is 15.1 Å². The number of methoxy groups -OCH3 is 2. The first-order valence-corrected chi connectivity index (χ1v) is 13.8. The number of cyclic esters (lactones) is 1. The van der Waals surface area contributed by atoms with E-state index in [9.17, 15) is 28.4 Å². The van der Waals surface area contributed by atoms with Crippen LogP contribution in [-0.4, -0.2) is 73.4 Å². The van der Waals surface area contributed by atoms with Gasteiger partial charge in [-0.05, 0) is 55.9 Å². The molecule has 5 rings (SSSR count). The number of carbonyl (C=O) groups is 3. The molecule has 0 radical (unpaired) electrons. The van der Waals surface area contributed by atoms with Crippen molar-refractivity contribution in [3.05, 3.63) is 65.2 Å². The van der Waals surface area contributed by atoms with Crippen LogP contribution in [0.3, 0.4) is 0 Å². The summed E-state index contributed by atoms with van der Waals surface area (Å²) in [4.78, 5) is 41.5. The number of hydrogen-bond acceptors (Lipinski definition) is 8. The van der Waals surface area contributed by atoms with Crippen LogP contribution in [0.15, 0.2) is 42.5 Å². The molecule has 12 heteroatoms. The molecule has 0 aromatic heterocycles. The molecule has 222 valence electrons. The van der Waals surface area contributed by atoms with Crippen molar-refractivity contribution >= 4 is 18.1 Å². The Morgan fingerprint density at radius 2 is 1.83 bits per heavy atom. The highest BCUT2D eigenvalue weighted by molar-refractivity contribution is 5.96. The Hall–Kier alpha value is -4.24. The number of para-hydroxylation sites is 1. The van der Waals surface area contributed by atoms with E-state index in [1.807, 2.05) is 24.3 Å². The molecule has 1 aliphatic carbocycles. The topological polar surface area (TPSA) is 121 Å². The van der Waals surface area contributed by atoms with Gasteiger partial charge in [-0.3, -0.25) is 4.90 Å². The fourth-order valence-electron chi connectivity index (χ4n) is 6.42. The van der Waals surface area contributed by atoms with Crippen LogP contribution in [0.2, 0.25) is 0 Å². The molecule has 0 spiro atoms. The molecule has 0 bridgehead atoms. The summed E-state index contributed by atoms with van der Waals surface area (Å²) in [6.07, 6.45) is 0.928. The van der Waals surface area contributed by atoms with Crippen molar-refractivity contribution in [2.45, 2.75) is 61.7 Å². The number of amides is 3. The third kappa shape index (κ3) is 5.36. The van der Waals surface area contributed by atoms with Crippen molar-refractivity contribution in [2.75, 3.05) is 27.3 Å². The number of ether oxygens (including phenoxy) is 3. The zero-order valence-electron chi connectivity index (χ0n) is 23.3. The zero-order chi connectivity index (χ0) is 30.0. The molecule has 3 amide bonds. The largest absolute Gasteiger partial charge is 0.496 e. The summed E-state index contributed by atoms with van der Waals surface area (Å²) in [5, 5.41) is 13.0. The van der Waals surface area contributed by atoms with Crippen molar-refractivity contribution in [2.24, 2.45) is 0 Å². The molecule has 2 aromatic rings. The summed E-state index contributed by atoms with van der Waals surface area (Å²) in [7, 11) is 2.70. The van der Waals surface area contributed by atoms with Gasteiger partial charge < -0.3 is 19.5 Å². The van der Waals surface area contributed by atoms with Gasteiger partial charge in [-0.15, -0.1) is 0 Å². The normalized spacial score (nSPS) is 27.7. The lowest BCUT2D eigenvalue weighted by molar-refractivity contribution is -0.150. The van der Waals surface area contributed by atoms with Crippen LogP contribution in [0.5, 0.6) is 5.75 Å². The first kappa shape index (κ1) is 29.3. The number of esters is 1. The number of halogens is 2. The highest BCUT2D eigenvalue weighted by Crippen LogP contribution is 2.44. The van der Waals surface area contributed by atoms with E-state index in [1.165, 1.54) is 6.07 Å². The van der Waals surface area contributed by atoms with Crippen LogP contribution in [0.25, 0.3) is 0 Å². The van der Waals surface area contributed by atoms with Crippen LogP contribution in [0.4, 0.5) is 18.4 Å². The van der Waals surface area contributed by atoms with Gasteiger partial charge in [-0.2, -0.15) is 5.26 Å². The smallest absolute Gasteiger partial charge is 0.419 e. The highest BCUT2D eigenvalue weighted by atomic mass is 19.2. The third-order valence-corrected chi connectivity index (χ3v) is 8.64. The predicted molar refractivity (Wildman–Crippen MR) is 144 cm³/mol. The summed E-state index contributed by atoms with van der Waals surface area (Å²) < 4.78 is 43.0. The van der Waals surface area contributed by atoms with Crippen LogP contribution in [0.1, 0.15) is 49.3 Å². The van der Waals surface area contributed by atoms with E-state index in [4.69, 9.17) is 14.2 Å². The van der Waals surface area contributed by atoms with Gasteiger partial charge in [-0.25, -0.2) is 28.1 Å². The molecule has 2 aromatic carbocycles. The SMILES string of the molecule is COC(=O)[C@@H]1OC(=O)N(C(=O)NC2CCN(C3CCC(C#N)(c4ccccc4OC)CC3)C2)C1c1ccc(F)c(F)c1. The third-order valence-electron chi connectivity index (χ3n) is 8.64. The maximum Gasteiger partial charge on any atom is 0.419 e. The molecule has 2 heterocycles. The van der Waals surface area contributed by atoms with Crippen molar-refractivity contribution in [1.29, 1.82) is 5.26 Å². The summed E-state index contributed by atoms with van der Waals surface area (Å²) >= 11 is 0. The second kappa shape index (κ2) is 11.9. The summed E-state index contributed by atoms with van der Waals surface area (Å²) in [6, 6.07) is 10.8. The Morgan fingerprint density at radius 3 is 2.50 bits per heavy atom. The van der Waals surface area contributed by atoms with Crippen molar-refractivity contribution in [3.8, 4) is 11.8 Å². The lowest BCUT2D eigenvalue weighted by Crippen LogP contribution is -2.48. The number of carbonyl (C=O) groups excluding carboxylic acids is 3. The minimum atomic E-state index is -1.54. The van der Waals surface area contributed by atoms with Gasteiger partial charge >= 0.3 is 18.1 Å². The fourth-order valence-corrected chi connectivity index (χ4v) is 6.42. The number of nitriles is 1. The second-order valence-corrected chi connectivity index (χ2v) is 10.9. The van der Waals surface area contributed by atoms with Crippen LogP contribution in [-0.2, 0) is 19.7 Å². The van der Waals surface area contributed by atoms with Gasteiger partial charge in [0.25, 0.3) is 0 Å². The Morgan fingerprint density at radius 1 is 1.10 bits per heavy atom. The van der Waals surface area contributed by atoms with Crippen molar-refractivity contribution < 1.29 is 37.4 Å². The molecular formula is C30H32F2N4O6. The number of imide groups is 1. The lowest BCUT2D eigenvalue weighted by atomic mass is 9.68. The quantitative estimate of drug-likeness (QED) is 0.504. The maximum absolute atomic E-state index is 14.1. The molecule has 2 aliphatic heterocycles. The number of nitrogens with one attached hydrogen (secondary N) is 1. The van der Waals surface area contributed by atoms with Gasteiger partial charge in [0.05, 0.1) is 25.7 Å². The number of urea groups is 1. The van der Waals surface area contributed by atoms with E-state index in [-0.39, 0.29) is 17.6 Å². The minimum absolute atomic E-state index is 0.0107. The first-order chi connectivity index (χ1) is 20.2. The summed E-state index contributed by atoms with van der Waals surface area (Å²) in [5.41, 5.74) is 0.285. The summed E-state index contributed by atoms with van der Waals surface area (Å²) in [6.45, 7) is 1.25. The van der Waals surface area contributed by atoms with E-state index in [1.54, 1.807) is 7.11 Å². The highest BCUT2D eigenvalue weighted by Gasteiger charge is 2.51. The average molecular weight is 583 g/mol. The Kier molecular flexibility index (Phi) is 8.31. The van der Waals surface area contributed by atoms with Gasteiger partial charge in [0, 0.05) is 30.7 Å². The minimum Gasteiger partial charge on any atom is -0.496 e. The number of hydrogen-bond donors (Lipinski definition) is 1. The van der Waals surface area contributed by atoms with Gasteiger partial charge in [0.15, 0.2) is 11.6 Å². The predicted octanol–water partition coefficient (Wildman–Crippen LogP) is 4.20. The van der Waals surface area contributed by atoms with Gasteiger partial charge in [0.2, 0.25) is 6.10 Å². The Bertz CT molecular complexity index is 1410. The molecule has 3 fully saturated rings. The first-order valence-electron chi connectivity index (χ1n) is 13.8. The van der Waals surface area contributed by atoms with Crippen LogP contribution >= 0.6 is 0 Å². The Balaban J connectivity index is 1.25. The number of likely N-dealkylation sites (tertiary alicyclic amines) is 1. The second-order valence-electron chi connectivity index (χ2n) is 10.9. The van der Waals surface area contributed by atoms with Crippen LogP contribution < -0.4 is 10.1 Å². The van der Waals surface area contributed by atoms with E-state index in [0.29, 0.717) is 43.0 Å². The van der Waals surface area contributed by atoms with Gasteiger partial charge in [0.1, 0.15) is 11.8 Å². The molecule has 2 saturated heterocycles. The van der Waals surface area contributed by atoms with Crippen molar-refractivity contribution in [3.63, 3.8) is 0 Å². The van der Waals surface area contributed by atoms with E-state index in [2.05, 4.69) is 16.3 Å². The van der Waals surface area contributed by atoms with E-state index >= 15 is 0 Å². The molecule has 3 atom stereocenters. The summed E-state index contributed by atoms with van der Waals surface area (Å²) in [5.74, 6) is -2.53. The van der Waals surface area contributed by atoms with E-state index in [0.717, 1.165) is 37.6 Å². The number of rotatable bonds is 6. The molecule has 42 heavy (non-hydrogen) atoms.